The first-order chi connectivity index (χ1) is 15.2. The topological polar surface area (TPSA) is 24.9 Å². The lowest BCUT2D eigenvalue weighted by Crippen LogP contribution is -2.46. The van der Waals surface area contributed by atoms with Crippen molar-refractivity contribution in [1.82, 2.24) is 4.90 Å². The first kappa shape index (κ1) is 21.2. The minimum absolute atomic E-state index is 0.0246. The van der Waals surface area contributed by atoms with Crippen LogP contribution < -0.4 is 14.4 Å². The standard InChI is InChI=1S/C26H29FN2O2/c1-30-24-13-7-21(8-14-24)26(31-25-5-3-2-4-6-25)15-16-28-17-19-29(20-18-28)23-11-9-22(27)10-12-23/h2-14,26H,15-20H2,1H3/t26-/m1/s1. The molecule has 162 valence electrons. The van der Waals surface area contributed by atoms with Crippen LogP contribution in [0.5, 0.6) is 11.5 Å². The number of ether oxygens (including phenoxy) is 2. The molecule has 1 aliphatic heterocycles. The van der Waals surface area contributed by atoms with Crippen LogP contribution >= 0.6 is 0 Å². The Kier molecular flexibility index (Phi) is 7.05. The summed E-state index contributed by atoms with van der Waals surface area (Å²) in [7, 11) is 1.68. The van der Waals surface area contributed by atoms with Crippen molar-refractivity contribution < 1.29 is 13.9 Å². The summed E-state index contributed by atoms with van der Waals surface area (Å²) in [5, 5.41) is 0. The average Bonchev–Trinajstić information content (AvgIpc) is 2.83. The maximum absolute atomic E-state index is 13.2. The van der Waals surface area contributed by atoms with Crippen LogP contribution in [0.4, 0.5) is 10.1 Å². The molecule has 1 saturated heterocycles. The Morgan fingerprint density at radius 2 is 1.48 bits per heavy atom. The van der Waals surface area contributed by atoms with E-state index in [0.29, 0.717) is 0 Å². The maximum Gasteiger partial charge on any atom is 0.125 e. The van der Waals surface area contributed by atoms with Gasteiger partial charge in [0.1, 0.15) is 23.4 Å². The third kappa shape index (κ3) is 5.76. The van der Waals surface area contributed by atoms with Gasteiger partial charge in [0.05, 0.1) is 7.11 Å². The minimum atomic E-state index is -0.189. The van der Waals surface area contributed by atoms with Gasteiger partial charge < -0.3 is 14.4 Å². The molecule has 1 atom stereocenters. The van der Waals surface area contributed by atoms with E-state index in [2.05, 4.69) is 21.9 Å². The van der Waals surface area contributed by atoms with Crippen molar-refractivity contribution in [3.8, 4) is 11.5 Å². The SMILES string of the molecule is COc1ccc([C@@H](CCN2CCN(c3ccc(F)cc3)CC2)Oc2ccccc2)cc1. The number of benzene rings is 3. The number of rotatable bonds is 8. The van der Waals surface area contributed by atoms with Gasteiger partial charge in [-0.2, -0.15) is 0 Å². The highest BCUT2D eigenvalue weighted by atomic mass is 19.1. The smallest absolute Gasteiger partial charge is 0.125 e. The quantitative estimate of drug-likeness (QED) is 0.502. The van der Waals surface area contributed by atoms with Crippen molar-refractivity contribution in [2.24, 2.45) is 0 Å². The molecule has 1 fully saturated rings. The summed E-state index contributed by atoms with van der Waals surface area (Å²) in [5.41, 5.74) is 2.24. The van der Waals surface area contributed by atoms with Gasteiger partial charge in [0.15, 0.2) is 0 Å². The Morgan fingerprint density at radius 1 is 0.806 bits per heavy atom. The normalized spacial score (nSPS) is 15.5. The van der Waals surface area contributed by atoms with Crippen molar-refractivity contribution in [3.05, 3.63) is 90.2 Å². The zero-order valence-corrected chi connectivity index (χ0v) is 17.9. The van der Waals surface area contributed by atoms with Crippen molar-refractivity contribution in [1.29, 1.82) is 0 Å². The third-order valence-corrected chi connectivity index (χ3v) is 5.78. The Morgan fingerprint density at radius 3 is 2.13 bits per heavy atom. The van der Waals surface area contributed by atoms with E-state index in [9.17, 15) is 4.39 Å². The molecule has 0 aliphatic carbocycles. The number of hydrogen-bond acceptors (Lipinski definition) is 4. The van der Waals surface area contributed by atoms with Crippen LogP contribution in [0, 0.1) is 5.82 Å². The van der Waals surface area contributed by atoms with E-state index < -0.39 is 0 Å². The summed E-state index contributed by atoms with van der Waals surface area (Å²) in [4.78, 5) is 4.79. The van der Waals surface area contributed by atoms with Gasteiger partial charge in [-0.1, -0.05) is 30.3 Å². The number of halogens is 1. The first-order valence-corrected chi connectivity index (χ1v) is 10.8. The van der Waals surface area contributed by atoms with Crippen LogP contribution in [0.3, 0.4) is 0 Å². The molecule has 0 unspecified atom stereocenters. The fourth-order valence-corrected chi connectivity index (χ4v) is 3.96. The van der Waals surface area contributed by atoms with E-state index in [-0.39, 0.29) is 11.9 Å². The Bertz CT molecular complexity index is 924. The van der Waals surface area contributed by atoms with Crippen molar-refractivity contribution in [3.63, 3.8) is 0 Å². The van der Waals surface area contributed by atoms with E-state index in [0.717, 1.165) is 61.9 Å². The predicted molar refractivity (Wildman–Crippen MR) is 122 cm³/mol. The van der Waals surface area contributed by atoms with Crippen LogP contribution in [0.15, 0.2) is 78.9 Å². The maximum atomic E-state index is 13.2. The van der Waals surface area contributed by atoms with Crippen LogP contribution in [0.1, 0.15) is 18.1 Å². The molecule has 5 heteroatoms. The van der Waals surface area contributed by atoms with E-state index in [4.69, 9.17) is 9.47 Å². The zero-order chi connectivity index (χ0) is 21.5. The van der Waals surface area contributed by atoms with Crippen molar-refractivity contribution >= 4 is 5.69 Å². The Labute approximate surface area is 183 Å². The Hall–Kier alpha value is -3.05. The molecule has 0 spiro atoms. The molecular formula is C26H29FN2O2. The lowest BCUT2D eigenvalue weighted by atomic mass is 10.1. The molecule has 4 nitrogen and oxygen atoms in total. The lowest BCUT2D eigenvalue weighted by molar-refractivity contribution is 0.160. The van der Waals surface area contributed by atoms with Crippen LogP contribution in [-0.4, -0.2) is 44.7 Å². The number of para-hydroxylation sites is 1. The van der Waals surface area contributed by atoms with E-state index >= 15 is 0 Å². The molecule has 4 rings (SSSR count). The highest BCUT2D eigenvalue weighted by Gasteiger charge is 2.20. The second kappa shape index (κ2) is 10.3. The van der Waals surface area contributed by atoms with Gasteiger partial charge in [-0.05, 0) is 54.1 Å². The van der Waals surface area contributed by atoms with E-state index in [1.54, 1.807) is 7.11 Å². The number of methoxy groups -OCH3 is 1. The minimum Gasteiger partial charge on any atom is -0.497 e. The lowest BCUT2D eigenvalue weighted by Gasteiger charge is -2.36. The molecule has 0 N–H and O–H groups in total. The highest BCUT2D eigenvalue weighted by molar-refractivity contribution is 5.46. The molecule has 0 aromatic heterocycles. The van der Waals surface area contributed by atoms with Crippen molar-refractivity contribution in [2.45, 2.75) is 12.5 Å². The highest BCUT2D eigenvalue weighted by Crippen LogP contribution is 2.27. The summed E-state index contributed by atoms with van der Waals surface area (Å²) in [6.45, 7) is 4.81. The molecule has 3 aromatic rings. The third-order valence-electron chi connectivity index (χ3n) is 5.78. The fraction of sp³-hybridized carbons (Fsp3) is 0.308. The van der Waals surface area contributed by atoms with Gasteiger partial charge in [-0.15, -0.1) is 0 Å². The Balaban J connectivity index is 1.36. The summed E-state index contributed by atoms with van der Waals surface area (Å²) < 4.78 is 24.8. The van der Waals surface area contributed by atoms with Crippen LogP contribution in [-0.2, 0) is 0 Å². The second-order valence-electron chi connectivity index (χ2n) is 7.79. The molecule has 0 saturated carbocycles. The summed E-state index contributed by atoms with van der Waals surface area (Å²) in [5.74, 6) is 1.54. The molecule has 1 aliphatic rings. The van der Waals surface area contributed by atoms with Crippen LogP contribution in [0.2, 0.25) is 0 Å². The monoisotopic (exact) mass is 420 g/mol. The summed E-state index contributed by atoms with van der Waals surface area (Å²) in [6, 6.07) is 24.9. The number of piperazine rings is 1. The number of hydrogen-bond donors (Lipinski definition) is 0. The van der Waals surface area contributed by atoms with Gasteiger partial charge in [-0.25, -0.2) is 4.39 Å². The second-order valence-corrected chi connectivity index (χ2v) is 7.79. The van der Waals surface area contributed by atoms with Crippen molar-refractivity contribution in [2.75, 3.05) is 44.7 Å². The summed E-state index contributed by atoms with van der Waals surface area (Å²) in [6.07, 6.45) is 0.876. The predicted octanol–water partition coefficient (Wildman–Crippen LogP) is 5.17. The fourth-order valence-electron chi connectivity index (χ4n) is 3.96. The summed E-state index contributed by atoms with van der Waals surface area (Å²) >= 11 is 0. The number of anilines is 1. The molecule has 0 bridgehead atoms. The molecule has 0 radical (unpaired) electrons. The first-order valence-electron chi connectivity index (χ1n) is 10.8. The van der Waals surface area contributed by atoms with Gasteiger partial charge in [0, 0.05) is 44.8 Å². The molecular weight excluding hydrogens is 391 g/mol. The average molecular weight is 421 g/mol. The van der Waals surface area contributed by atoms with E-state index in [1.807, 2.05) is 54.6 Å². The largest absolute Gasteiger partial charge is 0.497 e. The van der Waals surface area contributed by atoms with Gasteiger partial charge in [0.2, 0.25) is 0 Å². The van der Waals surface area contributed by atoms with Crippen LogP contribution in [0.25, 0.3) is 0 Å². The van der Waals surface area contributed by atoms with Gasteiger partial charge in [-0.3, -0.25) is 4.90 Å². The zero-order valence-electron chi connectivity index (χ0n) is 17.9. The molecule has 31 heavy (non-hydrogen) atoms. The van der Waals surface area contributed by atoms with Gasteiger partial charge >= 0.3 is 0 Å². The molecule has 1 heterocycles. The molecule has 3 aromatic carbocycles. The van der Waals surface area contributed by atoms with Gasteiger partial charge in [0.25, 0.3) is 0 Å². The molecule has 0 amide bonds. The van der Waals surface area contributed by atoms with E-state index in [1.165, 1.54) is 12.1 Å². The number of nitrogens with zero attached hydrogens (tertiary/aromatic N) is 2.